The molecule has 0 heterocycles. The molecular formula is C13H18F3NO. The third-order valence-electron chi connectivity index (χ3n) is 2.99. The zero-order valence-electron chi connectivity index (χ0n) is 10.5. The van der Waals surface area contributed by atoms with Crippen LogP contribution >= 0.6 is 0 Å². The average Bonchev–Trinajstić information content (AvgIpc) is 2.34. The van der Waals surface area contributed by atoms with Crippen LogP contribution in [0.5, 0.6) is 0 Å². The molecule has 0 spiro atoms. The smallest absolute Gasteiger partial charge is 0.385 e. The van der Waals surface area contributed by atoms with Gasteiger partial charge in [0.2, 0.25) is 0 Å². The number of benzene rings is 1. The van der Waals surface area contributed by atoms with Gasteiger partial charge in [-0.15, -0.1) is 0 Å². The normalized spacial score (nSPS) is 15.4. The van der Waals surface area contributed by atoms with Crippen molar-refractivity contribution < 1.29 is 17.9 Å². The lowest BCUT2D eigenvalue weighted by atomic mass is 9.92. The van der Waals surface area contributed by atoms with E-state index < -0.39 is 17.8 Å². The number of methoxy groups -OCH3 is 1. The molecule has 0 amide bonds. The minimum Gasteiger partial charge on any atom is -0.385 e. The summed E-state index contributed by atoms with van der Waals surface area (Å²) in [5, 5.41) is 0. The van der Waals surface area contributed by atoms with Gasteiger partial charge in [0.25, 0.3) is 0 Å². The number of rotatable bonds is 5. The molecule has 1 aromatic rings. The van der Waals surface area contributed by atoms with Crippen molar-refractivity contribution in [3.63, 3.8) is 0 Å². The zero-order valence-corrected chi connectivity index (χ0v) is 10.5. The maximum atomic E-state index is 12.6. The minimum absolute atomic E-state index is 0.0634. The van der Waals surface area contributed by atoms with Crippen LogP contribution in [-0.2, 0) is 10.9 Å². The van der Waals surface area contributed by atoms with Crippen LogP contribution in [0.15, 0.2) is 24.3 Å². The van der Waals surface area contributed by atoms with E-state index in [2.05, 4.69) is 0 Å². The highest BCUT2D eigenvalue weighted by atomic mass is 19.4. The van der Waals surface area contributed by atoms with Crippen molar-refractivity contribution in [2.75, 3.05) is 13.7 Å². The molecule has 0 bridgehead atoms. The number of hydrogen-bond acceptors (Lipinski definition) is 2. The molecule has 0 aliphatic carbocycles. The predicted molar refractivity (Wildman–Crippen MR) is 64.0 cm³/mol. The summed E-state index contributed by atoms with van der Waals surface area (Å²) in [5.41, 5.74) is 5.82. The van der Waals surface area contributed by atoms with E-state index in [1.54, 1.807) is 13.2 Å². The molecule has 0 aromatic heterocycles. The second kappa shape index (κ2) is 6.20. The van der Waals surface area contributed by atoms with E-state index in [-0.39, 0.29) is 5.92 Å². The maximum Gasteiger partial charge on any atom is 0.416 e. The van der Waals surface area contributed by atoms with Crippen molar-refractivity contribution in [1.29, 1.82) is 0 Å². The second-order valence-electron chi connectivity index (χ2n) is 4.41. The highest BCUT2D eigenvalue weighted by Crippen LogP contribution is 2.31. The highest BCUT2D eigenvalue weighted by molar-refractivity contribution is 5.28. The summed E-state index contributed by atoms with van der Waals surface area (Å²) in [4.78, 5) is 0. The number of ether oxygens (including phenoxy) is 1. The monoisotopic (exact) mass is 261 g/mol. The molecule has 102 valence electrons. The zero-order chi connectivity index (χ0) is 13.8. The summed E-state index contributed by atoms with van der Waals surface area (Å²) >= 11 is 0. The fraction of sp³-hybridized carbons (Fsp3) is 0.538. The van der Waals surface area contributed by atoms with Gasteiger partial charge in [-0.2, -0.15) is 13.2 Å². The van der Waals surface area contributed by atoms with Crippen LogP contribution in [0.3, 0.4) is 0 Å². The van der Waals surface area contributed by atoms with E-state index in [0.717, 1.165) is 12.1 Å². The first-order valence-electron chi connectivity index (χ1n) is 5.78. The third kappa shape index (κ3) is 3.99. The van der Waals surface area contributed by atoms with Gasteiger partial charge in [0, 0.05) is 19.8 Å². The summed E-state index contributed by atoms with van der Waals surface area (Å²) in [6.07, 6.45) is -3.61. The molecule has 1 rings (SSSR count). The molecule has 2 nitrogen and oxygen atoms in total. The Kier molecular flexibility index (Phi) is 5.16. The second-order valence-corrected chi connectivity index (χ2v) is 4.41. The summed E-state index contributed by atoms with van der Waals surface area (Å²) < 4.78 is 42.7. The van der Waals surface area contributed by atoms with Gasteiger partial charge in [-0.25, -0.2) is 0 Å². The standard InChI is InChI=1S/C13H18F3NO/c1-9(6-7-18-2)12(17)10-4-3-5-11(8-10)13(14,15)16/h3-5,8-9,12H,6-7,17H2,1-2H3. The topological polar surface area (TPSA) is 35.2 Å². The fourth-order valence-electron chi connectivity index (χ4n) is 1.73. The Bertz CT molecular complexity index is 379. The molecule has 0 aliphatic rings. The number of hydrogen-bond donors (Lipinski definition) is 1. The van der Waals surface area contributed by atoms with Crippen molar-refractivity contribution in [3.8, 4) is 0 Å². The molecule has 0 saturated carbocycles. The van der Waals surface area contributed by atoms with Crippen LogP contribution in [0.25, 0.3) is 0 Å². The summed E-state index contributed by atoms with van der Waals surface area (Å²) in [6, 6.07) is 4.77. The molecule has 0 saturated heterocycles. The van der Waals surface area contributed by atoms with Gasteiger partial charge >= 0.3 is 6.18 Å². The molecule has 0 fully saturated rings. The van der Waals surface area contributed by atoms with E-state index in [0.29, 0.717) is 18.6 Å². The molecule has 1 aromatic carbocycles. The quantitative estimate of drug-likeness (QED) is 0.881. The van der Waals surface area contributed by atoms with Crippen LogP contribution in [0.2, 0.25) is 0 Å². The van der Waals surface area contributed by atoms with Gasteiger partial charge in [-0.3, -0.25) is 0 Å². The molecule has 0 aliphatic heterocycles. The Morgan fingerprint density at radius 1 is 1.33 bits per heavy atom. The molecular weight excluding hydrogens is 243 g/mol. The third-order valence-corrected chi connectivity index (χ3v) is 2.99. The van der Waals surface area contributed by atoms with Gasteiger partial charge in [0.1, 0.15) is 0 Å². The average molecular weight is 261 g/mol. The van der Waals surface area contributed by atoms with Gasteiger partial charge < -0.3 is 10.5 Å². The largest absolute Gasteiger partial charge is 0.416 e. The molecule has 5 heteroatoms. The number of alkyl halides is 3. The molecule has 2 unspecified atom stereocenters. The summed E-state index contributed by atoms with van der Waals surface area (Å²) in [5.74, 6) is 0.0634. The predicted octanol–water partition coefficient (Wildman–Crippen LogP) is 3.38. The number of halogens is 3. The molecule has 0 radical (unpaired) electrons. The van der Waals surface area contributed by atoms with Gasteiger partial charge in [0.05, 0.1) is 5.56 Å². The Labute approximate surface area is 105 Å². The van der Waals surface area contributed by atoms with Crippen LogP contribution in [0, 0.1) is 5.92 Å². The first-order chi connectivity index (χ1) is 8.36. The first-order valence-corrected chi connectivity index (χ1v) is 5.78. The Morgan fingerprint density at radius 2 is 2.00 bits per heavy atom. The lowest BCUT2D eigenvalue weighted by Gasteiger charge is -2.21. The molecule has 2 N–H and O–H groups in total. The summed E-state index contributed by atoms with van der Waals surface area (Å²) in [6.45, 7) is 2.46. The molecule has 18 heavy (non-hydrogen) atoms. The highest BCUT2D eigenvalue weighted by Gasteiger charge is 2.31. The van der Waals surface area contributed by atoms with Crippen molar-refractivity contribution >= 4 is 0 Å². The van der Waals surface area contributed by atoms with E-state index in [9.17, 15) is 13.2 Å². The summed E-state index contributed by atoms with van der Waals surface area (Å²) in [7, 11) is 1.59. The van der Waals surface area contributed by atoms with Crippen LogP contribution in [0.4, 0.5) is 13.2 Å². The van der Waals surface area contributed by atoms with E-state index in [4.69, 9.17) is 10.5 Å². The molecule has 2 atom stereocenters. The van der Waals surface area contributed by atoms with Crippen molar-refractivity contribution in [1.82, 2.24) is 0 Å². The Morgan fingerprint density at radius 3 is 2.56 bits per heavy atom. The van der Waals surface area contributed by atoms with E-state index in [1.807, 2.05) is 6.92 Å². The Hall–Kier alpha value is -1.07. The van der Waals surface area contributed by atoms with E-state index >= 15 is 0 Å². The van der Waals surface area contributed by atoms with Crippen LogP contribution < -0.4 is 5.73 Å². The lowest BCUT2D eigenvalue weighted by molar-refractivity contribution is -0.137. The number of nitrogens with two attached hydrogens (primary N) is 1. The van der Waals surface area contributed by atoms with Crippen molar-refractivity contribution in [3.05, 3.63) is 35.4 Å². The van der Waals surface area contributed by atoms with Crippen LogP contribution in [-0.4, -0.2) is 13.7 Å². The van der Waals surface area contributed by atoms with Gasteiger partial charge in [-0.1, -0.05) is 19.1 Å². The first kappa shape index (κ1) is 15.0. The lowest BCUT2D eigenvalue weighted by Crippen LogP contribution is -2.21. The van der Waals surface area contributed by atoms with Crippen molar-refractivity contribution in [2.45, 2.75) is 25.6 Å². The van der Waals surface area contributed by atoms with Gasteiger partial charge in [0.15, 0.2) is 0 Å². The maximum absolute atomic E-state index is 12.6. The van der Waals surface area contributed by atoms with Crippen molar-refractivity contribution in [2.24, 2.45) is 11.7 Å². The van der Waals surface area contributed by atoms with Gasteiger partial charge in [-0.05, 0) is 30.0 Å². The van der Waals surface area contributed by atoms with Crippen LogP contribution in [0.1, 0.15) is 30.5 Å². The fourth-order valence-corrected chi connectivity index (χ4v) is 1.73. The Balaban J connectivity index is 2.83. The minimum atomic E-state index is -4.33. The van der Waals surface area contributed by atoms with E-state index in [1.165, 1.54) is 6.07 Å². The SMILES string of the molecule is COCCC(C)C(N)c1cccc(C(F)(F)F)c1.